The predicted octanol–water partition coefficient (Wildman–Crippen LogP) is 3.93. The maximum Gasteiger partial charge on any atom is 0.326 e. The summed E-state index contributed by atoms with van der Waals surface area (Å²) in [4.78, 5) is 27.0. The minimum atomic E-state index is -0.0992. The molecule has 0 aromatic heterocycles. The molecule has 5 rings (SSSR count). The van der Waals surface area contributed by atoms with Crippen LogP contribution in [0.5, 0.6) is 0 Å². The summed E-state index contributed by atoms with van der Waals surface area (Å²) < 4.78 is 5.61. The summed E-state index contributed by atoms with van der Waals surface area (Å²) in [5.41, 5.74) is 4.19. The number of ether oxygens (including phenoxy) is 1. The van der Waals surface area contributed by atoms with E-state index >= 15 is 0 Å². The average Bonchev–Trinajstić information content (AvgIpc) is 3.24. The standard InChI is InChI=1S/C25H29N3O3/c1-31-19-10-11-20-21(14-19)22(15-26-24(20)29)16-6-8-18(9-7-16)27-25(30)28-13-12-17-4-2-3-5-23(17)28/h2-9,19-22H,10-15H2,1H3,(H,26,29)(H,27,30). The molecule has 31 heavy (non-hydrogen) atoms. The number of hydrogen-bond donors (Lipinski definition) is 2. The van der Waals surface area contributed by atoms with Gasteiger partial charge in [0.1, 0.15) is 0 Å². The summed E-state index contributed by atoms with van der Waals surface area (Å²) in [6.07, 6.45) is 3.88. The SMILES string of the molecule is COC1CCC2C(=O)NCC(c3ccc(NC(=O)N4CCc5ccccc54)cc3)C2C1. The van der Waals surface area contributed by atoms with Crippen molar-refractivity contribution >= 4 is 23.3 Å². The fourth-order valence-electron chi connectivity index (χ4n) is 5.56. The Kier molecular flexibility index (Phi) is 5.40. The molecular formula is C25H29N3O3. The highest BCUT2D eigenvalue weighted by Crippen LogP contribution is 2.43. The van der Waals surface area contributed by atoms with Gasteiger partial charge in [-0.1, -0.05) is 30.3 Å². The first kappa shape index (κ1) is 20.1. The molecule has 2 N–H and O–H groups in total. The Morgan fingerprint density at radius 3 is 2.71 bits per heavy atom. The highest BCUT2D eigenvalue weighted by atomic mass is 16.5. The van der Waals surface area contributed by atoms with E-state index in [0.29, 0.717) is 19.0 Å². The molecule has 0 radical (unpaired) electrons. The molecule has 2 aromatic rings. The number of nitrogens with zero attached hydrogens (tertiary/aromatic N) is 1. The molecule has 1 saturated heterocycles. The molecule has 3 amide bonds. The first-order valence-electron chi connectivity index (χ1n) is 11.2. The van der Waals surface area contributed by atoms with Crippen molar-refractivity contribution in [1.82, 2.24) is 5.32 Å². The zero-order valence-corrected chi connectivity index (χ0v) is 17.8. The van der Waals surface area contributed by atoms with Crippen LogP contribution in [0.2, 0.25) is 0 Å². The Hall–Kier alpha value is -2.86. The van der Waals surface area contributed by atoms with E-state index < -0.39 is 0 Å². The van der Waals surface area contributed by atoms with Crippen molar-refractivity contribution in [2.45, 2.75) is 37.7 Å². The summed E-state index contributed by atoms with van der Waals surface area (Å²) >= 11 is 0. The minimum absolute atomic E-state index is 0.0692. The van der Waals surface area contributed by atoms with Crippen LogP contribution in [0.15, 0.2) is 48.5 Å². The van der Waals surface area contributed by atoms with E-state index in [1.807, 2.05) is 30.3 Å². The summed E-state index contributed by atoms with van der Waals surface area (Å²) in [5.74, 6) is 0.829. The number of amides is 3. The Balaban J connectivity index is 1.29. The number of anilines is 2. The average molecular weight is 420 g/mol. The van der Waals surface area contributed by atoms with E-state index in [-0.39, 0.29) is 29.9 Å². The van der Waals surface area contributed by atoms with E-state index in [0.717, 1.165) is 37.1 Å². The zero-order chi connectivity index (χ0) is 21.4. The summed E-state index contributed by atoms with van der Waals surface area (Å²) in [6, 6.07) is 16.1. The smallest absolute Gasteiger partial charge is 0.326 e. The van der Waals surface area contributed by atoms with Gasteiger partial charge in [-0.2, -0.15) is 0 Å². The van der Waals surface area contributed by atoms with Crippen LogP contribution in [0, 0.1) is 11.8 Å². The van der Waals surface area contributed by atoms with E-state index in [1.165, 1.54) is 11.1 Å². The van der Waals surface area contributed by atoms with E-state index in [9.17, 15) is 9.59 Å². The molecule has 6 heteroatoms. The third-order valence-electron chi connectivity index (χ3n) is 7.26. The molecule has 6 nitrogen and oxygen atoms in total. The van der Waals surface area contributed by atoms with Crippen LogP contribution in [-0.2, 0) is 16.0 Å². The van der Waals surface area contributed by atoms with Crippen molar-refractivity contribution in [3.63, 3.8) is 0 Å². The summed E-state index contributed by atoms with van der Waals surface area (Å²) in [7, 11) is 1.76. The highest BCUT2D eigenvalue weighted by molar-refractivity contribution is 6.03. The van der Waals surface area contributed by atoms with Crippen LogP contribution in [0.1, 0.15) is 36.3 Å². The van der Waals surface area contributed by atoms with Crippen LogP contribution >= 0.6 is 0 Å². The quantitative estimate of drug-likeness (QED) is 0.792. The minimum Gasteiger partial charge on any atom is -0.381 e. The lowest BCUT2D eigenvalue weighted by molar-refractivity contribution is -0.132. The lowest BCUT2D eigenvalue weighted by Crippen LogP contribution is -2.50. The number of methoxy groups -OCH3 is 1. The Labute approximate surface area is 183 Å². The van der Waals surface area contributed by atoms with Gasteiger partial charge >= 0.3 is 6.03 Å². The number of hydrogen-bond acceptors (Lipinski definition) is 3. The van der Waals surface area contributed by atoms with Crippen LogP contribution in [0.4, 0.5) is 16.2 Å². The monoisotopic (exact) mass is 419 g/mol. The van der Waals surface area contributed by atoms with Gasteiger partial charge in [0.15, 0.2) is 0 Å². The third kappa shape index (κ3) is 3.81. The molecule has 2 aromatic carbocycles. The molecule has 2 fully saturated rings. The van der Waals surface area contributed by atoms with E-state index in [1.54, 1.807) is 12.0 Å². The van der Waals surface area contributed by atoms with Crippen molar-refractivity contribution in [2.75, 3.05) is 30.4 Å². The number of benzene rings is 2. The Morgan fingerprint density at radius 2 is 1.90 bits per heavy atom. The maximum atomic E-state index is 12.8. The molecule has 2 heterocycles. The molecular weight excluding hydrogens is 390 g/mol. The number of fused-ring (bicyclic) bond motifs is 2. The number of urea groups is 1. The van der Waals surface area contributed by atoms with Gasteiger partial charge in [-0.05, 0) is 60.9 Å². The number of carbonyl (C=O) groups is 2. The Morgan fingerprint density at radius 1 is 1.10 bits per heavy atom. The van der Waals surface area contributed by atoms with Crippen molar-refractivity contribution in [2.24, 2.45) is 11.8 Å². The van der Waals surface area contributed by atoms with Gasteiger partial charge in [0.05, 0.1) is 6.10 Å². The number of rotatable bonds is 3. The topological polar surface area (TPSA) is 70.7 Å². The molecule has 2 aliphatic heterocycles. The molecule has 3 aliphatic rings. The van der Waals surface area contributed by atoms with E-state index in [2.05, 4.69) is 28.8 Å². The van der Waals surface area contributed by atoms with Crippen molar-refractivity contribution in [1.29, 1.82) is 0 Å². The van der Waals surface area contributed by atoms with Crippen LogP contribution in [-0.4, -0.2) is 38.2 Å². The summed E-state index contributed by atoms with van der Waals surface area (Å²) in [5, 5.41) is 6.13. The fourth-order valence-corrected chi connectivity index (χ4v) is 5.56. The number of para-hydroxylation sites is 1. The van der Waals surface area contributed by atoms with Gasteiger partial charge in [0.25, 0.3) is 0 Å². The van der Waals surface area contributed by atoms with Crippen LogP contribution in [0.3, 0.4) is 0 Å². The zero-order valence-electron chi connectivity index (χ0n) is 17.8. The lowest BCUT2D eigenvalue weighted by atomic mass is 9.67. The lowest BCUT2D eigenvalue weighted by Gasteiger charge is -2.43. The molecule has 1 aliphatic carbocycles. The molecule has 1 saturated carbocycles. The van der Waals surface area contributed by atoms with Crippen LogP contribution < -0.4 is 15.5 Å². The third-order valence-corrected chi connectivity index (χ3v) is 7.26. The van der Waals surface area contributed by atoms with E-state index in [4.69, 9.17) is 4.74 Å². The van der Waals surface area contributed by atoms with Crippen molar-refractivity contribution in [3.8, 4) is 0 Å². The Bertz CT molecular complexity index is 974. The normalized spacial score (nSPS) is 27.3. The first-order valence-corrected chi connectivity index (χ1v) is 11.2. The second-order valence-corrected chi connectivity index (χ2v) is 8.88. The largest absolute Gasteiger partial charge is 0.381 e. The number of piperidine rings is 1. The molecule has 162 valence electrons. The molecule has 0 spiro atoms. The number of carbonyl (C=O) groups excluding carboxylic acids is 2. The maximum absolute atomic E-state index is 12.8. The molecule has 0 bridgehead atoms. The first-order chi connectivity index (χ1) is 15.1. The van der Waals surface area contributed by atoms with Gasteiger partial charge in [-0.3, -0.25) is 9.69 Å². The molecule has 4 atom stereocenters. The van der Waals surface area contributed by atoms with Crippen molar-refractivity contribution in [3.05, 3.63) is 59.7 Å². The van der Waals surface area contributed by atoms with Crippen molar-refractivity contribution < 1.29 is 14.3 Å². The van der Waals surface area contributed by atoms with Crippen LogP contribution in [0.25, 0.3) is 0 Å². The van der Waals surface area contributed by atoms with Gasteiger partial charge in [0.2, 0.25) is 5.91 Å². The second-order valence-electron chi connectivity index (χ2n) is 8.88. The van der Waals surface area contributed by atoms with Gasteiger partial charge in [-0.15, -0.1) is 0 Å². The van der Waals surface area contributed by atoms with Gasteiger partial charge < -0.3 is 15.4 Å². The van der Waals surface area contributed by atoms with Gasteiger partial charge in [-0.25, -0.2) is 4.79 Å². The highest BCUT2D eigenvalue weighted by Gasteiger charge is 2.43. The second kappa shape index (κ2) is 8.35. The fraction of sp³-hybridized carbons (Fsp3) is 0.440. The van der Waals surface area contributed by atoms with Gasteiger partial charge in [0, 0.05) is 43.4 Å². The molecule has 4 unspecified atom stereocenters. The predicted molar refractivity (Wildman–Crippen MR) is 120 cm³/mol. The number of nitrogens with one attached hydrogen (secondary N) is 2. The summed E-state index contributed by atoms with van der Waals surface area (Å²) in [6.45, 7) is 1.36.